The van der Waals surface area contributed by atoms with Gasteiger partial charge in [-0.25, -0.2) is 0 Å². The Labute approximate surface area is 89.0 Å². The van der Waals surface area contributed by atoms with Gasteiger partial charge in [0.1, 0.15) is 0 Å². The van der Waals surface area contributed by atoms with Crippen LogP contribution in [0.3, 0.4) is 0 Å². The Morgan fingerprint density at radius 3 is 2.43 bits per heavy atom. The van der Waals surface area contributed by atoms with Crippen LogP contribution in [0.25, 0.3) is 0 Å². The summed E-state index contributed by atoms with van der Waals surface area (Å²) >= 11 is 0. The molecule has 0 amide bonds. The zero-order chi connectivity index (χ0) is 10.4. The van der Waals surface area contributed by atoms with Crippen molar-refractivity contribution >= 4 is 0 Å². The number of rotatable bonds is 0. The molecule has 0 bridgehead atoms. The van der Waals surface area contributed by atoms with Crippen LogP contribution in [-0.4, -0.2) is 12.6 Å². The molecule has 1 heterocycles. The maximum atomic E-state index is 3.59. The Hall–Kier alpha value is -0.300. The van der Waals surface area contributed by atoms with E-state index in [0.717, 1.165) is 17.9 Å². The summed E-state index contributed by atoms with van der Waals surface area (Å²) in [6.07, 6.45) is 10.1. The molecule has 1 aliphatic carbocycles. The summed E-state index contributed by atoms with van der Waals surface area (Å²) in [5.74, 6) is 1.92. The first-order valence-corrected chi connectivity index (χ1v) is 6.26. The van der Waals surface area contributed by atoms with Crippen molar-refractivity contribution in [3.63, 3.8) is 0 Å². The number of hydrogen-bond donors (Lipinski definition) is 1. The normalized spacial score (nSPS) is 36.4. The Bertz CT molecular complexity index is 174. The molecule has 1 fully saturated rings. The zero-order valence-corrected chi connectivity index (χ0v) is 9.92. The van der Waals surface area contributed by atoms with Crippen LogP contribution in [0.2, 0.25) is 0 Å². The third-order valence-corrected chi connectivity index (χ3v) is 3.49. The largest absolute Gasteiger partial charge is 0.314 e. The lowest BCUT2D eigenvalue weighted by atomic mass is 9.83. The molecule has 3 unspecified atom stereocenters. The van der Waals surface area contributed by atoms with Gasteiger partial charge in [-0.2, -0.15) is 0 Å². The van der Waals surface area contributed by atoms with Gasteiger partial charge in [0.05, 0.1) is 0 Å². The molecule has 0 saturated carbocycles. The Kier molecular flexibility index (Phi) is 5.24. The lowest BCUT2D eigenvalue weighted by Gasteiger charge is -2.22. The van der Waals surface area contributed by atoms with Crippen molar-refractivity contribution in [2.75, 3.05) is 6.54 Å². The van der Waals surface area contributed by atoms with Crippen LogP contribution in [0.15, 0.2) is 12.2 Å². The van der Waals surface area contributed by atoms with Crippen molar-refractivity contribution in [3.8, 4) is 0 Å². The van der Waals surface area contributed by atoms with E-state index in [9.17, 15) is 0 Å². The van der Waals surface area contributed by atoms with Gasteiger partial charge >= 0.3 is 0 Å². The van der Waals surface area contributed by atoms with Gasteiger partial charge in [0.15, 0.2) is 0 Å². The summed E-state index contributed by atoms with van der Waals surface area (Å²) in [6, 6.07) is 0.765. The first-order valence-electron chi connectivity index (χ1n) is 6.26. The monoisotopic (exact) mass is 195 g/mol. The fraction of sp³-hybridized carbons (Fsp3) is 0.846. The molecule has 3 atom stereocenters. The maximum absolute atomic E-state index is 3.59. The molecule has 1 nitrogen and oxygen atoms in total. The summed E-state index contributed by atoms with van der Waals surface area (Å²) in [5.41, 5.74) is 0. The third kappa shape index (κ3) is 2.84. The van der Waals surface area contributed by atoms with Crippen LogP contribution in [0, 0.1) is 11.8 Å². The van der Waals surface area contributed by atoms with Gasteiger partial charge in [-0.3, -0.25) is 0 Å². The van der Waals surface area contributed by atoms with E-state index in [1.165, 1.54) is 32.2 Å². The van der Waals surface area contributed by atoms with Gasteiger partial charge in [0.25, 0.3) is 0 Å². The highest BCUT2D eigenvalue weighted by Gasteiger charge is 2.31. The van der Waals surface area contributed by atoms with Crippen LogP contribution in [0.1, 0.15) is 46.5 Å². The van der Waals surface area contributed by atoms with Crippen molar-refractivity contribution in [2.24, 2.45) is 11.8 Å². The second-order valence-electron chi connectivity index (χ2n) is 4.25. The Morgan fingerprint density at radius 2 is 1.71 bits per heavy atom. The quantitative estimate of drug-likeness (QED) is 0.584. The topological polar surface area (TPSA) is 12.0 Å². The van der Waals surface area contributed by atoms with Gasteiger partial charge in [-0.15, -0.1) is 0 Å². The fourth-order valence-electron chi connectivity index (χ4n) is 2.68. The van der Waals surface area contributed by atoms with Crippen molar-refractivity contribution in [1.82, 2.24) is 5.32 Å². The molecular formula is C13H25N. The molecule has 1 aliphatic heterocycles. The van der Waals surface area contributed by atoms with Gasteiger partial charge in [-0.05, 0) is 51.0 Å². The summed E-state index contributed by atoms with van der Waals surface area (Å²) in [6.45, 7) is 7.61. The maximum Gasteiger partial charge on any atom is 0.00703 e. The third-order valence-electron chi connectivity index (χ3n) is 3.49. The number of allylic oxidation sites excluding steroid dienone is 2. The fourth-order valence-corrected chi connectivity index (χ4v) is 2.68. The minimum absolute atomic E-state index is 0.765. The van der Waals surface area contributed by atoms with Crippen LogP contribution < -0.4 is 5.32 Å². The van der Waals surface area contributed by atoms with E-state index < -0.39 is 0 Å². The van der Waals surface area contributed by atoms with E-state index in [-0.39, 0.29) is 0 Å². The predicted octanol–water partition coefficient (Wildman–Crippen LogP) is 3.37. The Balaban J connectivity index is 0.000000461. The molecule has 0 spiro atoms. The molecule has 14 heavy (non-hydrogen) atoms. The highest BCUT2D eigenvalue weighted by molar-refractivity contribution is 4.94. The molecule has 0 aromatic rings. The summed E-state index contributed by atoms with van der Waals surface area (Å²) in [7, 11) is 0. The van der Waals surface area contributed by atoms with E-state index in [1.54, 1.807) is 0 Å². The first-order chi connectivity index (χ1) is 6.88. The lowest BCUT2D eigenvalue weighted by Crippen LogP contribution is -2.23. The Morgan fingerprint density at radius 1 is 1.07 bits per heavy atom. The van der Waals surface area contributed by atoms with Crippen molar-refractivity contribution in [2.45, 2.75) is 52.5 Å². The first kappa shape index (κ1) is 11.8. The smallest absolute Gasteiger partial charge is 0.00703 e. The van der Waals surface area contributed by atoms with Crippen LogP contribution in [0.5, 0.6) is 0 Å². The molecule has 1 heteroatoms. The SMILES string of the molecule is CC.CC1NCC2CCC=CCCC21. The van der Waals surface area contributed by atoms with Gasteiger partial charge in [-0.1, -0.05) is 26.0 Å². The molecule has 82 valence electrons. The number of fused-ring (bicyclic) bond motifs is 1. The minimum atomic E-state index is 0.765. The molecule has 0 aromatic carbocycles. The van der Waals surface area contributed by atoms with Crippen molar-refractivity contribution < 1.29 is 0 Å². The van der Waals surface area contributed by atoms with E-state index >= 15 is 0 Å². The standard InChI is InChI=1S/C11H19N.C2H6/c1-9-11-7-5-3-2-4-6-10(11)8-12-9;1-2/h2-3,9-12H,4-8H2,1H3;1-2H3. The van der Waals surface area contributed by atoms with Gasteiger partial charge < -0.3 is 5.32 Å². The summed E-state index contributed by atoms with van der Waals surface area (Å²) in [4.78, 5) is 0. The van der Waals surface area contributed by atoms with E-state index in [2.05, 4.69) is 24.4 Å². The van der Waals surface area contributed by atoms with Crippen molar-refractivity contribution in [1.29, 1.82) is 0 Å². The summed E-state index contributed by atoms with van der Waals surface area (Å²) in [5, 5.41) is 3.59. The van der Waals surface area contributed by atoms with Crippen LogP contribution in [-0.2, 0) is 0 Å². The van der Waals surface area contributed by atoms with E-state index in [4.69, 9.17) is 0 Å². The highest BCUT2D eigenvalue weighted by atomic mass is 15.0. The van der Waals surface area contributed by atoms with Crippen molar-refractivity contribution in [3.05, 3.63) is 12.2 Å². The number of hydrogen-bond acceptors (Lipinski definition) is 1. The van der Waals surface area contributed by atoms with Crippen LogP contribution in [0.4, 0.5) is 0 Å². The molecular weight excluding hydrogens is 170 g/mol. The average Bonchev–Trinajstić information content (AvgIpc) is 2.50. The van der Waals surface area contributed by atoms with E-state index in [0.29, 0.717) is 0 Å². The van der Waals surface area contributed by atoms with Gasteiger partial charge in [0.2, 0.25) is 0 Å². The molecule has 0 radical (unpaired) electrons. The second-order valence-corrected chi connectivity index (χ2v) is 4.25. The average molecular weight is 195 g/mol. The molecule has 2 aliphatic rings. The zero-order valence-electron chi connectivity index (χ0n) is 9.92. The molecule has 1 N–H and O–H groups in total. The predicted molar refractivity (Wildman–Crippen MR) is 63.4 cm³/mol. The molecule has 2 rings (SSSR count). The van der Waals surface area contributed by atoms with Crippen LogP contribution >= 0.6 is 0 Å². The number of nitrogens with one attached hydrogen (secondary N) is 1. The summed E-state index contributed by atoms with van der Waals surface area (Å²) < 4.78 is 0. The molecule has 0 aromatic heterocycles. The highest BCUT2D eigenvalue weighted by Crippen LogP contribution is 2.31. The second kappa shape index (κ2) is 6.23. The minimum Gasteiger partial charge on any atom is -0.314 e. The lowest BCUT2D eigenvalue weighted by molar-refractivity contribution is 0.334. The molecule has 1 saturated heterocycles. The van der Waals surface area contributed by atoms with Gasteiger partial charge in [0, 0.05) is 6.04 Å². The van der Waals surface area contributed by atoms with E-state index in [1.807, 2.05) is 13.8 Å².